The van der Waals surface area contributed by atoms with E-state index in [4.69, 9.17) is 0 Å². The first kappa shape index (κ1) is 19.6. The van der Waals surface area contributed by atoms with E-state index in [0.29, 0.717) is 0 Å². The SMILES string of the molecule is COC(=O)c1cc(S(=O)(=O)N(C)CC(=O)Nc2ccccc2F)cn1C. The second-order valence-corrected chi connectivity index (χ2v) is 7.50. The molecule has 8 nitrogen and oxygen atoms in total. The lowest BCUT2D eigenvalue weighted by atomic mass is 10.3. The number of carbonyl (C=O) groups is 2. The molecule has 0 saturated carbocycles. The number of hydrogen-bond donors (Lipinski definition) is 1. The normalized spacial score (nSPS) is 11.4. The molecule has 0 radical (unpaired) electrons. The topological polar surface area (TPSA) is 97.7 Å². The summed E-state index contributed by atoms with van der Waals surface area (Å²) >= 11 is 0. The number of benzene rings is 1. The van der Waals surface area contributed by atoms with E-state index >= 15 is 0 Å². The molecule has 0 unspecified atom stereocenters. The summed E-state index contributed by atoms with van der Waals surface area (Å²) in [5, 5.41) is 2.31. The lowest BCUT2D eigenvalue weighted by Gasteiger charge is -2.16. The summed E-state index contributed by atoms with van der Waals surface area (Å²) in [6.45, 7) is -0.529. The van der Waals surface area contributed by atoms with Gasteiger partial charge in [0.25, 0.3) is 0 Å². The minimum absolute atomic E-state index is 0.0454. The second-order valence-electron chi connectivity index (χ2n) is 5.45. The third-order valence-corrected chi connectivity index (χ3v) is 5.37. The molecule has 1 aromatic carbocycles. The first-order valence-electron chi connectivity index (χ1n) is 7.42. The standard InChI is InChI=1S/C16H18FN3O5S/c1-19-9-11(8-14(19)16(22)25-3)26(23,24)20(2)10-15(21)18-13-7-5-4-6-12(13)17/h4-9H,10H2,1-3H3,(H,18,21). The summed E-state index contributed by atoms with van der Waals surface area (Å²) in [5.74, 6) is -2.02. The van der Waals surface area contributed by atoms with E-state index in [-0.39, 0.29) is 16.3 Å². The Morgan fingerprint density at radius 1 is 1.31 bits per heavy atom. The van der Waals surface area contributed by atoms with Gasteiger partial charge in [0.15, 0.2) is 0 Å². The van der Waals surface area contributed by atoms with Crippen molar-refractivity contribution in [3.63, 3.8) is 0 Å². The van der Waals surface area contributed by atoms with Crippen LogP contribution in [0.2, 0.25) is 0 Å². The molecule has 0 aliphatic carbocycles. The van der Waals surface area contributed by atoms with Crippen LogP contribution in [0.3, 0.4) is 0 Å². The van der Waals surface area contributed by atoms with E-state index in [0.717, 1.165) is 10.4 Å². The van der Waals surface area contributed by atoms with Gasteiger partial charge in [0.2, 0.25) is 15.9 Å². The number of aryl methyl sites for hydroxylation is 1. The summed E-state index contributed by atoms with van der Waals surface area (Å²) in [4.78, 5) is 23.5. The number of halogens is 1. The van der Waals surface area contributed by atoms with Crippen LogP contribution in [0.5, 0.6) is 0 Å². The molecule has 1 aromatic heterocycles. The minimum atomic E-state index is -4.03. The first-order chi connectivity index (χ1) is 12.2. The molecule has 2 aromatic rings. The largest absolute Gasteiger partial charge is 0.464 e. The quantitative estimate of drug-likeness (QED) is 0.756. The van der Waals surface area contributed by atoms with Crippen molar-refractivity contribution >= 4 is 27.6 Å². The van der Waals surface area contributed by atoms with Gasteiger partial charge in [-0.2, -0.15) is 4.31 Å². The number of nitrogens with zero attached hydrogens (tertiary/aromatic N) is 2. The zero-order chi connectivity index (χ0) is 19.5. The molecule has 140 valence electrons. The second kappa shape index (κ2) is 7.67. The maximum atomic E-state index is 13.5. The van der Waals surface area contributed by atoms with Gasteiger partial charge in [0.1, 0.15) is 16.4 Å². The smallest absolute Gasteiger partial charge is 0.354 e. The van der Waals surface area contributed by atoms with Gasteiger partial charge in [0.05, 0.1) is 19.3 Å². The summed E-state index contributed by atoms with van der Waals surface area (Å²) < 4.78 is 45.4. The Morgan fingerprint density at radius 2 is 1.96 bits per heavy atom. The maximum Gasteiger partial charge on any atom is 0.354 e. The molecular weight excluding hydrogens is 365 g/mol. The fraction of sp³-hybridized carbons (Fsp3) is 0.250. The van der Waals surface area contributed by atoms with Crippen LogP contribution in [-0.4, -0.2) is 49.9 Å². The molecule has 0 fully saturated rings. The fourth-order valence-electron chi connectivity index (χ4n) is 2.20. The van der Waals surface area contributed by atoms with E-state index in [1.807, 2.05) is 0 Å². The molecular formula is C16H18FN3O5S. The number of esters is 1. The van der Waals surface area contributed by atoms with E-state index in [1.165, 1.54) is 56.2 Å². The van der Waals surface area contributed by atoms with Crippen molar-refractivity contribution in [3.8, 4) is 0 Å². The van der Waals surface area contributed by atoms with Gasteiger partial charge in [-0.1, -0.05) is 12.1 Å². The highest BCUT2D eigenvalue weighted by atomic mass is 32.2. The molecule has 0 aliphatic rings. The number of rotatable bonds is 6. The van der Waals surface area contributed by atoms with Crippen molar-refractivity contribution in [3.05, 3.63) is 48.0 Å². The molecule has 1 heterocycles. The van der Waals surface area contributed by atoms with Crippen molar-refractivity contribution in [2.45, 2.75) is 4.90 Å². The zero-order valence-corrected chi connectivity index (χ0v) is 15.2. The van der Waals surface area contributed by atoms with Gasteiger partial charge >= 0.3 is 5.97 Å². The van der Waals surface area contributed by atoms with Crippen LogP contribution in [0.4, 0.5) is 10.1 Å². The summed E-state index contributed by atoms with van der Waals surface area (Å²) in [5.41, 5.74) is 0.00581. The Hall–Kier alpha value is -2.72. The molecule has 0 saturated heterocycles. The lowest BCUT2D eigenvalue weighted by Crippen LogP contribution is -2.35. The molecule has 10 heteroatoms. The Kier molecular flexibility index (Phi) is 5.78. The third-order valence-electron chi connectivity index (χ3n) is 3.60. The highest BCUT2D eigenvalue weighted by Gasteiger charge is 2.26. The average molecular weight is 383 g/mol. The van der Waals surface area contributed by atoms with Crippen LogP contribution in [0, 0.1) is 5.82 Å². The van der Waals surface area contributed by atoms with Crippen LogP contribution < -0.4 is 5.32 Å². The predicted molar refractivity (Wildman–Crippen MR) is 91.6 cm³/mol. The van der Waals surface area contributed by atoms with E-state index in [2.05, 4.69) is 10.1 Å². The molecule has 1 amide bonds. The minimum Gasteiger partial charge on any atom is -0.464 e. The number of anilines is 1. The van der Waals surface area contributed by atoms with Crippen molar-refractivity contribution < 1.29 is 27.1 Å². The van der Waals surface area contributed by atoms with Crippen molar-refractivity contribution in [1.82, 2.24) is 8.87 Å². The van der Waals surface area contributed by atoms with Gasteiger partial charge in [-0.3, -0.25) is 4.79 Å². The predicted octanol–water partition coefficient (Wildman–Crippen LogP) is 1.21. The van der Waals surface area contributed by atoms with Crippen LogP contribution in [0.25, 0.3) is 0 Å². The average Bonchev–Trinajstić information content (AvgIpc) is 2.98. The molecule has 1 N–H and O–H groups in total. The van der Waals surface area contributed by atoms with E-state index in [9.17, 15) is 22.4 Å². The Balaban J connectivity index is 2.15. The Labute approximate surface area is 150 Å². The number of nitrogens with one attached hydrogen (secondary N) is 1. The number of amides is 1. The van der Waals surface area contributed by atoms with Gasteiger partial charge < -0.3 is 14.6 Å². The fourth-order valence-corrected chi connectivity index (χ4v) is 3.40. The van der Waals surface area contributed by atoms with Gasteiger partial charge in [-0.25, -0.2) is 17.6 Å². The van der Waals surface area contributed by atoms with Crippen molar-refractivity contribution in [2.75, 3.05) is 26.0 Å². The third kappa shape index (κ3) is 4.09. The zero-order valence-electron chi connectivity index (χ0n) is 14.4. The molecule has 0 aliphatic heterocycles. The first-order valence-corrected chi connectivity index (χ1v) is 8.86. The number of likely N-dealkylation sites (N-methyl/N-ethyl adjacent to an activating group) is 1. The number of methoxy groups -OCH3 is 1. The number of hydrogen-bond acceptors (Lipinski definition) is 5. The molecule has 0 spiro atoms. The summed E-state index contributed by atoms with van der Waals surface area (Å²) in [6, 6.07) is 6.70. The van der Waals surface area contributed by atoms with Crippen LogP contribution in [-0.2, 0) is 26.6 Å². The highest BCUT2D eigenvalue weighted by Crippen LogP contribution is 2.18. The molecule has 0 bridgehead atoms. The number of ether oxygens (including phenoxy) is 1. The van der Waals surface area contributed by atoms with Crippen LogP contribution >= 0.6 is 0 Å². The van der Waals surface area contributed by atoms with Crippen molar-refractivity contribution in [1.29, 1.82) is 0 Å². The number of sulfonamides is 1. The summed E-state index contributed by atoms with van der Waals surface area (Å²) in [6.07, 6.45) is 1.24. The number of carbonyl (C=O) groups excluding carboxylic acids is 2. The number of aromatic nitrogens is 1. The van der Waals surface area contributed by atoms with E-state index < -0.39 is 34.3 Å². The summed E-state index contributed by atoms with van der Waals surface area (Å²) in [7, 11) is -0.141. The monoisotopic (exact) mass is 383 g/mol. The lowest BCUT2D eigenvalue weighted by molar-refractivity contribution is -0.116. The maximum absolute atomic E-state index is 13.5. The van der Waals surface area contributed by atoms with Crippen LogP contribution in [0.1, 0.15) is 10.5 Å². The highest BCUT2D eigenvalue weighted by molar-refractivity contribution is 7.89. The van der Waals surface area contributed by atoms with E-state index in [1.54, 1.807) is 0 Å². The molecule has 26 heavy (non-hydrogen) atoms. The number of para-hydroxylation sites is 1. The van der Waals surface area contributed by atoms with Gasteiger partial charge in [-0.05, 0) is 18.2 Å². The van der Waals surface area contributed by atoms with Gasteiger partial charge in [0, 0.05) is 20.3 Å². The Morgan fingerprint density at radius 3 is 2.58 bits per heavy atom. The Bertz CT molecular complexity index is 939. The van der Waals surface area contributed by atoms with Crippen LogP contribution in [0.15, 0.2) is 41.4 Å². The molecule has 2 rings (SSSR count). The molecule has 0 atom stereocenters. The van der Waals surface area contributed by atoms with Gasteiger partial charge in [-0.15, -0.1) is 0 Å². The van der Waals surface area contributed by atoms with Crippen molar-refractivity contribution in [2.24, 2.45) is 7.05 Å².